The molecule has 3 N–H and O–H groups in total. The molecule has 0 bridgehead atoms. The van der Waals surface area contributed by atoms with Crippen LogP contribution in [0, 0.1) is 5.82 Å². The van der Waals surface area contributed by atoms with Gasteiger partial charge in [-0.1, -0.05) is 36.4 Å². The maximum Gasteiger partial charge on any atom is 0.286 e. The zero-order chi connectivity index (χ0) is 23.7. The minimum atomic E-state index is -3.54. The Labute approximate surface area is 196 Å². The van der Waals surface area contributed by atoms with Gasteiger partial charge in [-0.15, -0.1) is 0 Å². The number of hydrogen-bond donors (Lipinski definition) is 3. The van der Waals surface area contributed by atoms with E-state index in [0.29, 0.717) is 16.9 Å². The third-order valence-electron chi connectivity index (χ3n) is 5.71. The van der Waals surface area contributed by atoms with Crippen LogP contribution < -0.4 is 15.6 Å². The fourth-order valence-corrected chi connectivity index (χ4v) is 5.07. The average Bonchev–Trinajstić information content (AvgIpc) is 3.57. The Morgan fingerprint density at radius 3 is 2.41 bits per heavy atom. The first-order valence-corrected chi connectivity index (χ1v) is 12.4. The normalized spacial score (nSPS) is 13.7. The minimum absolute atomic E-state index is 0.0261. The van der Waals surface area contributed by atoms with Gasteiger partial charge in [0.25, 0.3) is 5.91 Å². The molecule has 9 heteroatoms. The van der Waals surface area contributed by atoms with Crippen molar-refractivity contribution in [3.8, 4) is 0 Å². The predicted molar refractivity (Wildman–Crippen MR) is 128 cm³/mol. The van der Waals surface area contributed by atoms with Crippen LogP contribution in [0.4, 0.5) is 10.1 Å². The van der Waals surface area contributed by atoms with Gasteiger partial charge in [-0.05, 0) is 55.3 Å². The number of fused-ring (bicyclic) bond motifs is 1. The van der Waals surface area contributed by atoms with Crippen molar-refractivity contribution >= 4 is 32.5 Å². The number of halogens is 1. The summed E-state index contributed by atoms with van der Waals surface area (Å²) in [4.78, 5) is 13.2. The zero-order valence-corrected chi connectivity index (χ0v) is 19.0. The second-order valence-electron chi connectivity index (χ2n) is 8.27. The molecule has 5 rings (SSSR count). The first kappa shape index (κ1) is 22.1. The summed E-state index contributed by atoms with van der Waals surface area (Å²) in [5.41, 5.74) is 7.65. The summed E-state index contributed by atoms with van der Waals surface area (Å²) >= 11 is 0. The highest BCUT2D eigenvalue weighted by molar-refractivity contribution is 7.89. The summed E-state index contributed by atoms with van der Waals surface area (Å²) in [5, 5.41) is 0.863. The fraction of sp³-hybridized carbons (Fsp3) is 0.160. The number of aromatic nitrogens is 1. The molecule has 174 valence electrons. The van der Waals surface area contributed by atoms with Crippen molar-refractivity contribution in [1.29, 1.82) is 0 Å². The lowest BCUT2D eigenvalue weighted by molar-refractivity contribution is 0.0954. The second-order valence-corrected chi connectivity index (χ2v) is 9.98. The molecule has 0 unspecified atom stereocenters. The second kappa shape index (κ2) is 8.92. The molecule has 34 heavy (non-hydrogen) atoms. The molecule has 0 spiro atoms. The van der Waals surface area contributed by atoms with E-state index in [2.05, 4.69) is 15.6 Å². The number of carbonyl (C=O) groups excluding carboxylic acids is 1. The Kier molecular flexibility index (Phi) is 5.80. The maximum absolute atomic E-state index is 14.3. The molecule has 1 aliphatic rings. The number of rotatable bonds is 8. The summed E-state index contributed by atoms with van der Waals surface area (Å²) < 4.78 is 43.3. The molecule has 0 saturated heterocycles. The van der Waals surface area contributed by atoms with Crippen LogP contribution in [0.1, 0.15) is 28.9 Å². The van der Waals surface area contributed by atoms with E-state index in [1.807, 2.05) is 24.3 Å². The lowest BCUT2D eigenvalue weighted by Gasteiger charge is -2.13. The lowest BCUT2D eigenvalue weighted by atomic mass is 10.2. The van der Waals surface area contributed by atoms with Gasteiger partial charge >= 0.3 is 0 Å². The topological polar surface area (TPSA) is 92.2 Å². The number of anilines is 1. The molecule has 1 fully saturated rings. The van der Waals surface area contributed by atoms with Crippen molar-refractivity contribution in [2.75, 3.05) is 5.43 Å². The summed E-state index contributed by atoms with van der Waals surface area (Å²) in [6, 6.07) is 21.9. The number of para-hydroxylation sites is 1. The number of benzene rings is 3. The molecule has 3 aromatic carbocycles. The molecular weight excluding hydrogens is 455 g/mol. The Balaban J connectivity index is 1.34. The first-order valence-electron chi connectivity index (χ1n) is 10.9. The van der Waals surface area contributed by atoms with E-state index in [-0.39, 0.29) is 23.3 Å². The first-order chi connectivity index (χ1) is 16.4. The molecule has 1 aliphatic carbocycles. The largest absolute Gasteiger partial charge is 0.332 e. The number of hydrazine groups is 1. The van der Waals surface area contributed by atoms with Crippen molar-refractivity contribution in [3.63, 3.8) is 0 Å². The van der Waals surface area contributed by atoms with Crippen LogP contribution in [0.2, 0.25) is 0 Å². The van der Waals surface area contributed by atoms with Crippen molar-refractivity contribution in [2.45, 2.75) is 30.3 Å². The Bertz CT molecular complexity index is 1460. The fourth-order valence-electron chi connectivity index (χ4n) is 3.76. The van der Waals surface area contributed by atoms with Crippen molar-refractivity contribution in [1.82, 2.24) is 14.7 Å². The highest BCUT2D eigenvalue weighted by atomic mass is 32.2. The van der Waals surface area contributed by atoms with Crippen LogP contribution in [0.3, 0.4) is 0 Å². The molecule has 0 atom stereocenters. The van der Waals surface area contributed by atoms with Crippen molar-refractivity contribution in [3.05, 3.63) is 95.9 Å². The Hall–Kier alpha value is -3.69. The summed E-state index contributed by atoms with van der Waals surface area (Å²) in [6.07, 6.45) is 1.72. The lowest BCUT2D eigenvalue weighted by Crippen LogP contribution is -2.31. The van der Waals surface area contributed by atoms with E-state index in [0.717, 1.165) is 23.7 Å². The van der Waals surface area contributed by atoms with Crippen molar-refractivity contribution in [2.24, 2.45) is 0 Å². The maximum atomic E-state index is 14.3. The highest BCUT2D eigenvalue weighted by Gasteiger charge is 2.27. The number of nitrogens with one attached hydrogen (secondary N) is 3. The van der Waals surface area contributed by atoms with E-state index >= 15 is 0 Å². The van der Waals surface area contributed by atoms with Gasteiger partial charge in [-0.2, -0.15) is 0 Å². The summed E-state index contributed by atoms with van der Waals surface area (Å²) in [7, 11) is -3.54. The van der Waals surface area contributed by atoms with Gasteiger partial charge in [0, 0.05) is 22.5 Å². The molecule has 1 heterocycles. The Morgan fingerprint density at radius 2 is 1.68 bits per heavy atom. The van der Waals surface area contributed by atoms with Crippen LogP contribution in [0.25, 0.3) is 10.9 Å². The number of nitrogens with zero attached hydrogens (tertiary/aromatic N) is 1. The molecule has 4 aromatic rings. The zero-order valence-electron chi connectivity index (χ0n) is 18.2. The molecule has 1 amide bonds. The van der Waals surface area contributed by atoms with Gasteiger partial charge in [0.05, 0.1) is 17.1 Å². The minimum Gasteiger partial charge on any atom is -0.332 e. The number of amides is 1. The third kappa shape index (κ3) is 4.66. The highest BCUT2D eigenvalue weighted by Crippen LogP contribution is 2.24. The number of sulfonamides is 1. The standard InChI is InChI=1S/C25H23FN4O3S/c26-22-7-3-1-6-18(22)16-30-23-8-4-2-5-17(23)15-24(30)25(31)28-27-19-11-13-21(14-12-19)34(32,33)29-20-9-10-20/h1-8,11-15,20,27,29H,9-10,16H2,(H,28,31). The Morgan fingerprint density at radius 1 is 0.971 bits per heavy atom. The van der Waals surface area contributed by atoms with Crippen molar-refractivity contribution < 1.29 is 17.6 Å². The molecule has 1 aromatic heterocycles. The van der Waals surface area contributed by atoms with Gasteiger partial charge < -0.3 is 4.57 Å². The van der Waals surface area contributed by atoms with Crippen LogP contribution in [-0.4, -0.2) is 24.9 Å². The van der Waals surface area contributed by atoms with Gasteiger partial charge in [0.1, 0.15) is 11.5 Å². The predicted octanol–water partition coefficient (Wildman–Crippen LogP) is 4.03. The van der Waals surface area contributed by atoms with Gasteiger partial charge in [0.2, 0.25) is 10.0 Å². The number of hydrogen-bond acceptors (Lipinski definition) is 4. The van der Waals surface area contributed by atoms with E-state index in [4.69, 9.17) is 0 Å². The van der Waals surface area contributed by atoms with Crippen LogP contribution in [0.15, 0.2) is 83.8 Å². The third-order valence-corrected chi connectivity index (χ3v) is 7.25. The molecule has 7 nitrogen and oxygen atoms in total. The van der Waals surface area contributed by atoms with E-state index < -0.39 is 15.9 Å². The molecule has 0 radical (unpaired) electrons. The van der Waals surface area contributed by atoms with Gasteiger partial charge in [-0.25, -0.2) is 17.5 Å². The molecule has 0 aliphatic heterocycles. The number of carbonyl (C=O) groups is 1. The average molecular weight is 479 g/mol. The van der Waals surface area contributed by atoms with Crippen LogP contribution in [-0.2, 0) is 16.6 Å². The van der Waals surface area contributed by atoms with Gasteiger partial charge in [-0.3, -0.25) is 15.6 Å². The quantitative estimate of drug-likeness (QED) is 0.334. The summed E-state index contributed by atoms with van der Waals surface area (Å²) in [6.45, 7) is 0.198. The molecular formula is C25H23FN4O3S. The van der Waals surface area contributed by atoms with E-state index in [9.17, 15) is 17.6 Å². The van der Waals surface area contributed by atoms with Crippen LogP contribution in [0.5, 0.6) is 0 Å². The van der Waals surface area contributed by atoms with Crippen LogP contribution >= 0.6 is 0 Å². The SMILES string of the molecule is O=C(NNc1ccc(S(=O)(=O)NC2CC2)cc1)c1cc2ccccc2n1Cc1ccccc1F. The summed E-state index contributed by atoms with van der Waals surface area (Å²) in [5.74, 6) is -0.740. The molecule has 1 saturated carbocycles. The van der Waals surface area contributed by atoms with Gasteiger partial charge in [0.15, 0.2) is 0 Å². The monoisotopic (exact) mass is 478 g/mol. The van der Waals surface area contributed by atoms with E-state index in [1.54, 1.807) is 41.0 Å². The van der Waals surface area contributed by atoms with E-state index in [1.165, 1.54) is 18.2 Å². The smallest absolute Gasteiger partial charge is 0.286 e.